The van der Waals surface area contributed by atoms with Crippen molar-refractivity contribution in [1.29, 1.82) is 0 Å². The summed E-state index contributed by atoms with van der Waals surface area (Å²) in [5, 5.41) is 8.87. The third-order valence-electron chi connectivity index (χ3n) is 1.54. The standard InChI is InChI=1S/C10H10F2O/c1-7(13)5-6-8-3-2-4-9(11)10(8)12/h2-7,13H,1H3/b6-5+. The molecule has 1 aromatic rings. The molecule has 3 heteroatoms. The maximum Gasteiger partial charge on any atom is 0.166 e. The Morgan fingerprint density at radius 2 is 2.08 bits per heavy atom. The van der Waals surface area contributed by atoms with E-state index in [2.05, 4.69) is 0 Å². The van der Waals surface area contributed by atoms with Crippen LogP contribution in [-0.2, 0) is 0 Å². The summed E-state index contributed by atoms with van der Waals surface area (Å²) in [5.41, 5.74) is 0.140. The molecule has 0 saturated heterocycles. The summed E-state index contributed by atoms with van der Waals surface area (Å²) < 4.78 is 25.6. The van der Waals surface area contributed by atoms with Crippen LogP contribution in [0, 0.1) is 11.6 Å². The van der Waals surface area contributed by atoms with Crippen LogP contribution in [0.25, 0.3) is 6.08 Å². The molecule has 0 saturated carbocycles. The Labute approximate surface area is 75.3 Å². The SMILES string of the molecule is CC(O)/C=C/c1cccc(F)c1F. The van der Waals surface area contributed by atoms with E-state index in [0.29, 0.717) is 0 Å². The lowest BCUT2D eigenvalue weighted by atomic mass is 10.2. The van der Waals surface area contributed by atoms with Gasteiger partial charge < -0.3 is 5.11 Å². The van der Waals surface area contributed by atoms with Gasteiger partial charge in [0, 0.05) is 5.56 Å². The molecule has 0 aromatic heterocycles. The van der Waals surface area contributed by atoms with Crippen LogP contribution in [0.15, 0.2) is 24.3 Å². The lowest BCUT2D eigenvalue weighted by Gasteiger charge is -1.98. The van der Waals surface area contributed by atoms with E-state index in [0.717, 1.165) is 6.07 Å². The van der Waals surface area contributed by atoms with Crippen LogP contribution in [0.4, 0.5) is 8.78 Å². The molecule has 0 spiro atoms. The van der Waals surface area contributed by atoms with Gasteiger partial charge in [0.25, 0.3) is 0 Å². The fourth-order valence-electron chi connectivity index (χ4n) is 0.892. The highest BCUT2D eigenvalue weighted by Gasteiger charge is 2.03. The number of aliphatic hydroxyl groups excluding tert-OH is 1. The maximum atomic E-state index is 12.9. The van der Waals surface area contributed by atoms with Gasteiger partial charge in [-0.2, -0.15) is 0 Å². The molecule has 0 amide bonds. The minimum atomic E-state index is -0.889. The fourth-order valence-corrected chi connectivity index (χ4v) is 0.892. The molecule has 0 aliphatic heterocycles. The third kappa shape index (κ3) is 2.63. The van der Waals surface area contributed by atoms with Crippen molar-refractivity contribution in [1.82, 2.24) is 0 Å². The minimum absolute atomic E-state index is 0.140. The van der Waals surface area contributed by atoms with Crippen LogP contribution >= 0.6 is 0 Å². The van der Waals surface area contributed by atoms with Crippen LogP contribution in [0.3, 0.4) is 0 Å². The summed E-state index contributed by atoms with van der Waals surface area (Å²) in [4.78, 5) is 0. The van der Waals surface area contributed by atoms with E-state index in [4.69, 9.17) is 5.11 Å². The first kappa shape index (κ1) is 9.86. The first-order valence-electron chi connectivity index (χ1n) is 3.91. The quantitative estimate of drug-likeness (QED) is 0.748. The van der Waals surface area contributed by atoms with Gasteiger partial charge >= 0.3 is 0 Å². The second-order valence-electron chi connectivity index (χ2n) is 2.74. The van der Waals surface area contributed by atoms with Crippen molar-refractivity contribution in [3.8, 4) is 0 Å². The smallest absolute Gasteiger partial charge is 0.166 e. The molecular weight excluding hydrogens is 174 g/mol. The molecule has 0 aliphatic rings. The van der Waals surface area contributed by atoms with Crippen LogP contribution in [0.1, 0.15) is 12.5 Å². The second kappa shape index (κ2) is 4.14. The van der Waals surface area contributed by atoms with E-state index in [1.54, 1.807) is 0 Å². The van der Waals surface area contributed by atoms with Crippen molar-refractivity contribution in [3.05, 3.63) is 41.5 Å². The van der Waals surface area contributed by atoms with Crippen molar-refractivity contribution in [2.45, 2.75) is 13.0 Å². The van der Waals surface area contributed by atoms with E-state index >= 15 is 0 Å². The predicted octanol–water partition coefficient (Wildman–Crippen LogP) is 2.36. The fraction of sp³-hybridized carbons (Fsp3) is 0.200. The Morgan fingerprint density at radius 3 is 2.69 bits per heavy atom. The van der Waals surface area contributed by atoms with Crippen molar-refractivity contribution in [3.63, 3.8) is 0 Å². The zero-order valence-corrected chi connectivity index (χ0v) is 7.17. The Morgan fingerprint density at radius 1 is 1.38 bits per heavy atom. The van der Waals surface area contributed by atoms with Gasteiger partial charge in [-0.3, -0.25) is 0 Å². The van der Waals surface area contributed by atoms with Crippen molar-refractivity contribution in [2.24, 2.45) is 0 Å². The van der Waals surface area contributed by atoms with Gasteiger partial charge in [0.05, 0.1) is 6.10 Å². The molecule has 0 radical (unpaired) electrons. The highest BCUT2D eigenvalue weighted by Crippen LogP contribution is 2.12. The average Bonchev–Trinajstić information content (AvgIpc) is 2.07. The normalized spacial score (nSPS) is 13.5. The van der Waals surface area contributed by atoms with Crippen molar-refractivity contribution < 1.29 is 13.9 Å². The predicted molar refractivity (Wildman–Crippen MR) is 47.1 cm³/mol. The maximum absolute atomic E-state index is 12.9. The molecule has 1 aromatic carbocycles. The molecule has 1 rings (SSSR count). The highest BCUT2D eigenvalue weighted by atomic mass is 19.2. The van der Waals surface area contributed by atoms with E-state index in [-0.39, 0.29) is 5.56 Å². The van der Waals surface area contributed by atoms with E-state index < -0.39 is 17.7 Å². The van der Waals surface area contributed by atoms with Crippen molar-refractivity contribution in [2.75, 3.05) is 0 Å². The molecule has 1 nitrogen and oxygen atoms in total. The molecule has 13 heavy (non-hydrogen) atoms. The van der Waals surface area contributed by atoms with Crippen molar-refractivity contribution >= 4 is 6.08 Å². The molecule has 1 atom stereocenters. The van der Waals surface area contributed by atoms with Crippen LogP contribution in [0.5, 0.6) is 0 Å². The number of rotatable bonds is 2. The monoisotopic (exact) mass is 184 g/mol. The Bertz CT molecular complexity index is 319. The Hall–Kier alpha value is -1.22. The van der Waals surface area contributed by atoms with Gasteiger partial charge in [-0.1, -0.05) is 24.3 Å². The van der Waals surface area contributed by atoms with E-state index in [1.807, 2.05) is 0 Å². The Balaban J connectivity index is 2.95. The average molecular weight is 184 g/mol. The zero-order chi connectivity index (χ0) is 9.84. The number of hydrogen-bond acceptors (Lipinski definition) is 1. The minimum Gasteiger partial charge on any atom is -0.389 e. The molecule has 0 aliphatic carbocycles. The second-order valence-corrected chi connectivity index (χ2v) is 2.74. The summed E-state index contributed by atoms with van der Waals surface area (Å²) >= 11 is 0. The number of aliphatic hydroxyl groups is 1. The molecule has 0 bridgehead atoms. The van der Waals surface area contributed by atoms with Gasteiger partial charge in [-0.15, -0.1) is 0 Å². The summed E-state index contributed by atoms with van der Waals surface area (Å²) in [6, 6.07) is 3.91. The van der Waals surface area contributed by atoms with E-state index in [9.17, 15) is 8.78 Å². The molecule has 70 valence electrons. The lowest BCUT2D eigenvalue weighted by molar-refractivity contribution is 0.245. The van der Waals surface area contributed by atoms with Gasteiger partial charge in [0.1, 0.15) is 0 Å². The largest absolute Gasteiger partial charge is 0.389 e. The van der Waals surface area contributed by atoms with Crippen LogP contribution < -0.4 is 0 Å². The first-order chi connectivity index (χ1) is 6.11. The molecule has 1 N–H and O–H groups in total. The third-order valence-corrected chi connectivity index (χ3v) is 1.54. The zero-order valence-electron chi connectivity index (χ0n) is 7.17. The van der Waals surface area contributed by atoms with Gasteiger partial charge in [0.15, 0.2) is 11.6 Å². The van der Waals surface area contributed by atoms with E-state index in [1.165, 1.54) is 31.2 Å². The van der Waals surface area contributed by atoms with Crippen LogP contribution in [-0.4, -0.2) is 11.2 Å². The summed E-state index contributed by atoms with van der Waals surface area (Å²) in [6.45, 7) is 1.54. The number of hydrogen-bond donors (Lipinski definition) is 1. The molecule has 1 unspecified atom stereocenters. The lowest BCUT2D eigenvalue weighted by Crippen LogP contribution is -1.93. The summed E-state index contributed by atoms with van der Waals surface area (Å²) in [7, 11) is 0. The number of benzene rings is 1. The van der Waals surface area contributed by atoms with Gasteiger partial charge in [0.2, 0.25) is 0 Å². The first-order valence-corrected chi connectivity index (χ1v) is 3.91. The molecule has 0 heterocycles. The Kier molecular flexibility index (Phi) is 3.14. The molecular formula is C10H10F2O. The number of halogens is 2. The summed E-state index contributed by atoms with van der Waals surface area (Å²) in [5.74, 6) is -1.77. The highest BCUT2D eigenvalue weighted by molar-refractivity contribution is 5.50. The summed E-state index contributed by atoms with van der Waals surface area (Å²) in [6.07, 6.45) is 2.07. The molecule has 0 fully saturated rings. The van der Waals surface area contributed by atoms with Gasteiger partial charge in [-0.25, -0.2) is 8.78 Å². The topological polar surface area (TPSA) is 20.2 Å². The van der Waals surface area contributed by atoms with Crippen LogP contribution in [0.2, 0.25) is 0 Å². The van der Waals surface area contributed by atoms with Gasteiger partial charge in [-0.05, 0) is 13.0 Å².